The third-order valence-corrected chi connectivity index (χ3v) is 4.35. The van der Waals surface area contributed by atoms with Gasteiger partial charge in [-0.15, -0.1) is 11.8 Å². The molecular weight excluding hydrogens is 306 g/mol. The second kappa shape index (κ2) is 7.81. The molecule has 1 aromatic rings. The number of hydrogen-bond donors (Lipinski definition) is 2. The fourth-order valence-electron chi connectivity index (χ4n) is 1.39. The van der Waals surface area contributed by atoms with E-state index in [0.29, 0.717) is 15.6 Å². The van der Waals surface area contributed by atoms with Gasteiger partial charge >= 0.3 is 0 Å². The minimum Gasteiger partial charge on any atom is -0.327 e. The van der Waals surface area contributed by atoms with Crippen LogP contribution in [0.15, 0.2) is 23.1 Å². The molecule has 112 valence electrons. The standard InChI is InChI=1S/C13H17ClF2N2OS/c1-7(8(2)17)13(19)18-10-5-3-4-9(14)12(10)20-6-11(15)16/h3-5,7-8,11H,6,17H2,1-2H3,(H,18,19). The molecule has 0 saturated heterocycles. The number of carbonyl (C=O) groups is 1. The van der Waals surface area contributed by atoms with Gasteiger partial charge in [-0.05, 0) is 19.1 Å². The maximum atomic E-state index is 12.3. The van der Waals surface area contributed by atoms with Crippen molar-refractivity contribution in [1.29, 1.82) is 0 Å². The van der Waals surface area contributed by atoms with E-state index in [1.807, 2.05) is 0 Å². The Bertz CT molecular complexity index is 472. The molecule has 1 rings (SSSR count). The lowest BCUT2D eigenvalue weighted by molar-refractivity contribution is -0.119. The van der Waals surface area contributed by atoms with Crippen LogP contribution < -0.4 is 11.1 Å². The van der Waals surface area contributed by atoms with Crippen molar-refractivity contribution in [3.8, 4) is 0 Å². The van der Waals surface area contributed by atoms with Gasteiger partial charge in [0.15, 0.2) is 0 Å². The average Bonchev–Trinajstić information content (AvgIpc) is 2.36. The summed E-state index contributed by atoms with van der Waals surface area (Å²) in [7, 11) is 0. The summed E-state index contributed by atoms with van der Waals surface area (Å²) < 4.78 is 24.6. The second-order valence-electron chi connectivity index (χ2n) is 4.46. The van der Waals surface area contributed by atoms with Crippen molar-refractivity contribution in [3.05, 3.63) is 23.2 Å². The molecule has 7 heteroatoms. The van der Waals surface area contributed by atoms with Gasteiger partial charge in [-0.1, -0.05) is 24.6 Å². The Hall–Kier alpha value is -0.850. The van der Waals surface area contributed by atoms with Crippen LogP contribution in [0.3, 0.4) is 0 Å². The van der Waals surface area contributed by atoms with Gasteiger partial charge in [0.1, 0.15) is 0 Å². The van der Waals surface area contributed by atoms with Crippen LogP contribution >= 0.6 is 23.4 Å². The minimum atomic E-state index is -2.44. The zero-order valence-electron chi connectivity index (χ0n) is 11.2. The summed E-state index contributed by atoms with van der Waals surface area (Å²) in [4.78, 5) is 12.4. The lowest BCUT2D eigenvalue weighted by Gasteiger charge is -2.17. The number of nitrogens with one attached hydrogen (secondary N) is 1. The number of rotatable bonds is 6. The lowest BCUT2D eigenvalue weighted by Crippen LogP contribution is -2.34. The van der Waals surface area contributed by atoms with E-state index in [2.05, 4.69) is 5.32 Å². The molecule has 0 aliphatic rings. The number of alkyl halides is 2. The number of thioether (sulfide) groups is 1. The van der Waals surface area contributed by atoms with E-state index in [1.165, 1.54) is 0 Å². The topological polar surface area (TPSA) is 55.1 Å². The van der Waals surface area contributed by atoms with Gasteiger partial charge < -0.3 is 11.1 Å². The molecule has 20 heavy (non-hydrogen) atoms. The van der Waals surface area contributed by atoms with Crippen LogP contribution in [0.4, 0.5) is 14.5 Å². The van der Waals surface area contributed by atoms with Crippen molar-refractivity contribution in [1.82, 2.24) is 0 Å². The highest BCUT2D eigenvalue weighted by atomic mass is 35.5. The number of hydrogen-bond acceptors (Lipinski definition) is 3. The highest BCUT2D eigenvalue weighted by Gasteiger charge is 2.19. The summed E-state index contributed by atoms with van der Waals surface area (Å²) in [5, 5.41) is 3.02. The predicted octanol–water partition coefficient (Wildman–Crippen LogP) is 3.62. The molecular formula is C13H17ClF2N2OS. The molecule has 1 aromatic carbocycles. The zero-order valence-corrected chi connectivity index (χ0v) is 12.8. The Balaban J connectivity index is 2.89. The van der Waals surface area contributed by atoms with E-state index in [1.54, 1.807) is 32.0 Å². The zero-order chi connectivity index (χ0) is 15.3. The molecule has 2 unspecified atom stereocenters. The molecule has 0 fully saturated rings. The third-order valence-electron chi connectivity index (χ3n) is 2.78. The largest absolute Gasteiger partial charge is 0.327 e. The monoisotopic (exact) mass is 322 g/mol. The van der Waals surface area contributed by atoms with Crippen LogP contribution in [0.1, 0.15) is 13.8 Å². The van der Waals surface area contributed by atoms with Gasteiger partial charge in [0.05, 0.1) is 22.4 Å². The van der Waals surface area contributed by atoms with E-state index in [0.717, 1.165) is 11.8 Å². The fraction of sp³-hybridized carbons (Fsp3) is 0.462. The highest BCUT2D eigenvalue weighted by molar-refractivity contribution is 7.99. The average molecular weight is 323 g/mol. The van der Waals surface area contributed by atoms with Gasteiger partial charge in [-0.2, -0.15) is 0 Å². The summed E-state index contributed by atoms with van der Waals surface area (Å²) in [6, 6.07) is 4.58. The van der Waals surface area contributed by atoms with E-state index in [4.69, 9.17) is 17.3 Å². The lowest BCUT2D eigenvalue weighted by atomic mass is 10.0. The van der Waals surface area contributed by atoms with Crippen LogP contribution in [0.5, 0.6) is 0 Å². The summed E-state index contributed by atoms with van der Waals surface area (Å²) in [5.74, 6) is -1.03. The molecule has 3 N–H and O–H groups in total. The first-order chi connectivity index (χ1) is 9.32. The smallest absolute Gasteiger partial charge is 0.247 e. The first-order valence-corrected chi connectivity index (χ1v) is 7.45. The Labute approximate surface area is 126 Å². The molecule has 2 atom stereocenters. The quantitative estimate of drug-likeness (QED) is 0.786. The SMILES string of the molecule is CC(N)C(C)C(=O)Nc1cccc(Cl)c1SCC(F)F. The summed E-state index contributed by atoms with van der Waals surface area (Å²) in [6.07, 6.45) is -2.44. The summed E-state index contributed by atoms with van der Waals surface area (Å²) in [6.45, 7) is 3.44. The molecule has 0 heterocycles. The Kier molecular flexibility index (Phi) is 6.71. The van der Waals surface area contributed by atoms with Crippen molar-refractivity contribution >= 4 is 35.0 Å². The van der Waals surface area contributed by atoms with Crippen LogP contribution in [0, 0.1) is 5.92 Å². The molecule has 0 aliphatic heterocycles. The molecule has 1 amide bonds. The Morgan fingerprint density at radius 2 is 2.10 bits per heavy atom. The minimum absolute atomic E-state index is 0.263. The van der Waals surface area contributed by atoms with E-state index < -0.39 is 6.43 Å². The Morgan fingerprint density at radius 3 is 2.65 bits per heavy atom. The summed E-state index contributed by atoms with van der Waals surface area (Å²) in [5.41, 5.74) is 6.10. The van der Waals surface area contributed by atoms with Crippen molar-refractivity contribution in [2.75, 3.05) is 11.1 Å². The van der Waals surface area contributed by atoms with E-state index in [-0.39, 0.29) is 23.6 Å². The van der Waals surface area contributed by atoms with Crippen LogP contribution in [-0.4, -0.2) is 24.1 Å². The normalized spacial score (nSPS) is 14.2. The fourth-order valence-corrected chi connectivity index (χ4v) is 2.50. The number of nitrogens with two attached hydrogens (primary N) is 1. The molecule has 0 bridgehead atoms. The molecule has 0 radical (unpaired) electrons. The van der Waals surface area contributed by atoms with Crippen molar-refractivity contribution in [3.63, 3.8) is 0 Å². The van der Waals surface area contributed by atoms with Crippen LogP contribution in [-0.2, 0) is 4.79 Å². The molecule has 0 aliphatic carbocycles. The van der Waals surface area contributed by atoms with Crippen LogP contribution in [0.25, 0.3) is 0 Å². The van der Waals surface area contributed by atoms with Gasteiger partial charge in [0.25, 0.3) is 0 Å². The number of anilines is 1. The molecule has 3 nitrogen and oxygen atoms in total. The third kappa shape index (κ3) is 4.92. The number of benzene rings is 1. The number of halogens is 3. The van der Waals surface area contributed by atoms with E-state index >= 15 is 0 Å². The Morgan fingerprint density at radius 1 is 1.45 bits per heavy atom. The number of carbonyl (C=O) groups excluding carboxylic acids is 1. The van der Waals surface area contributed by atoms with Crippen molar-refractivity contribution in [2.24, 2.45) is 11.7 Å². The predicted molar refractivity (Wildman–Crippen MR) is 79.6 cm³/mol. The van der Waals surface area contributed by atoms with Gasteiger partial charge in [0, 0.05) is 10.9 Å². The van der Waals surface area contributed by atoms with E-state index in [9.17, 15) is 13.6 Å². The maximum absolute atomic E-state index is 12.3. The van der Waals surface area contributed by atoms with Gasteiger partial charge in [0.2, 0.25) is 12.3 Å². The molecule has 0 saturated carbocycles. The first kappa shape index (κ1) is 17.2. The number of amides is 1. The highest BCUT2D eigenvalue weighted by Crippen LogP contribution is 2.35. The molecule has 0 aromatic heterocycles. The second-order valence-corrected chi connectivity index (χ2v) is 5.89. The van der Waals surface area contributed by atoms with Crippen LogP contribution in [0.2, 0.25) is 5.02 Å². The maximum Gasteiger partial charge on any atom is 0.247 e. The van der Waals surface area contributed by atoms with Crippen molar-refractivity contribution in [2.45, 2.75) is 31.2 Å². The van der Waals surface area contributed by atoms with Crippen molar-refractivity contribution < 1.29 is 13.6 Å². The first-order valence-electron chi connectivity index (χ1n) is 6.08. The molecule has 0 spiro atoms. The van der Waals surface area contributed by atoms with Gasteiger partial charge in [-0.25, -0.2) is 8.78 Å². The van der Waals surface area contributed by atoms with Gasteiger partial charge in [-0.3, -0.25) is 4.79 Å². The summed E-state index contributed by atoms with van der Waals surface area (Å²) >= 11 is 6.91.